The maximum Gasteiger partial charge on any atom is 0.323 e. The number of urea groups is 1. The second kappa shape index (κ2) is 11.1. The normalized spacial score (nSPS) is 13.4. The largest absolute Gasteiger partial charge is 0.398 e. The predicted octanol–water partition coefficient (Wildman–Crippen LogP) is 5.29. The highest BCUT2D eigenvalue weighted by atomic mass is 16.5. The molecule has 1 aliphatic rings. The lowest BCUT2D eigenvalue weighted by Gasteiger charge is -2.29. The van der Waals surface area contributed by atoms with Gasteiger partial charge in [-0.15, -0.1) is 0 Å². The molecule has 3 aromatic carbocycles. The minimum absolute atomic E-state index is 0.310. The number of carbonyl (C=O) groups excluding carboxylic acids is 1. The first-order chi connectivity index (χ1) is 17.0. The SMILES string of the molecule is CCc1cccc(CC)c1NC(=O)Nc1ccc(N)c(C(=N)c2ccc(N3CCOCC3)cc2)c1. The van der Waals surface area contributed by atoms with Crippen LogP contribution < -0.4 is 21.3 Å². The first-order valence-electron chi connectivity index (χ1n) is 12.1. The number of hydrogen-bond donors (Lipinski definition) is 4. The summed E-state index contributed by atoms with van der Waals surface area (Å²) >= 11 is 0. The van der Waals surface area contributed by atoms with Crippen LogP contribution in [0.5, 0.6) is 0 Å². The van der Waals surface area contributed by atoms with Crippen LogP contribution in [0.4, 0.5) is 27.5 Å². The molecule has 1 fully saturated rings. The quantitative estimate of drug-likeness (QED) is 0.278. The number of nitrogens with two attached hydrogens (primary N) is 1. The number of benzene rings is 3. The van der Waals surface area contributed by atoms with E-state index in [1.807, 2.05) is 42.5 Å². The van der Waals surface area contributed by atoms with Gasteiger partial charge in [0.05, 0.1) is 18.9 Å². The molecule has 0 unspecified atom stereocenters. The zero-order chi connectivity index (χ0) is 24.8. The van der Waals surface area contributed by atoms with Gasteiger partial charge in [-0.2, -0.15) is 0 Å². The molecule has 0 spiro atoms. The summed E-state index contributed by atoms with van der Waals surface area (Å²) in [5.74, 6) is 0. The van der Waals surface area contributed by atoms with E-state index in [2.05, 4.69) is 29.4 Å². The van der Waals surface area contributed by atoms with Gasteiger partial charge in [-0.3, -0.25) is 5.41 Å². The lowest BCUT2D eigenvalue weighted by atomic mass is 10.00. The Kier molecular flexibility index (Phi) is 7.67. The van der Waals surface area contributed by atoms with Crippen molar-refractivity contribution in [2.75, 3.05) is 47.6 Å². The van der Waals surface area contributed by atoms with E-state index in [9.17, 15) is 4.79 Å². The number of rotatable bonds is 7. The molecule has 0 radical (unpaired) electrons. The third-order valence-corrected chi connectivity index (χ3v) is 6.35. The van der Waals surface area contributed by atoms with Gasteiger partial charge in [-0.25, -0.2) is 4.79 Å². The molecule has 0 bridgehead atoms. The number of anilines is 4. The van der Waals surface area contributed by atoms with Crippen LogP contribution in [0, 0.1) is 5.41 Å². The average Bonchev–Trinajstić information content (AvgIpc) is 2.90. The highest BCUT2D eigenvalue weighted by molar-refractivity contribution is 6.14. The molecule has 2 amide bonds. The Labute approximate surface area is 206 Å². The van der Waals surface area contributed by atoms with Gasteiger partial charge < -0.3 is 26.0 Å². The Bertz CT molecular complexity index is 1180. The van der Waals surface area contributed by atoms with Gasteiger partial charge >= 0.3 is 6.03 Å². The molecule has 0 saturated carbocycles. The second-order valence-electron chi connectivity index (χ2n) is 8.56. The summed E-state index contributed by atoms with van der Waals surface area (Å²) in [6.07, 6.45) is 1.66. The maximum atomic E-state index is 12.8. The highest BCUT2D eigenvalue weighted by Gasteiger charge is 2.15. The van der Waals surface area contributed by atoms with E-state index < -0.39 is 0 Å². The smallest absolute Gasteiger partial charge is 0.323 e. The number of carbonyl (C=O) groups is 1. The molecule has 1 saturated heterocycles. The molecule has 5 N–H and O–H groups in total. The Hall–Kier alpha value is -3.84. The molecular formula is C28H33N5O2. The van der Waals surface area contributed by atoms with E-state index in [1.54, 1.807) is 18.2 Å². The molecule has 4 rings (SSSR count). The van der Waals surface area contributed by atoms with E-state index in [-0.39, 0.29) is 6.03 Å². The summed E-state index contributed by atoms with van der Waals surface area (Å²) in [5.41, 5.74) is 13.1. The number of hydrogen-bond acceptors (Lipinski definition) is 5. The Balaban J connectivity index is 1.49. The monoisotopic (exact) mass is 471 g/mol. The molecule has 0 aliphatic carbocycles. The fraction of sp³-hybridized carbons (Fsp3) is 0.286. The number of nitrogens with zero attached hydrogens (tertiary/aromatic N) is 1. The first-order valence-corrected chi connectivity index (χ1v) is 12.1. The van der Waals surface area contributed by atoms with Gasteiger partial charge in [0.1, 0.15) is 0 Å². The number of para-hydroxylation sites is 1. The molecule has 182 valence electrons. The van der Waals surface area contributed by atoms with Crippen molar-refractivity contribution >= 4 is 34.5 Å². The van der Waals surface area contributed by atoms with Crippen molar-refractivity contribution in [2.45, 2.75) is 26.7 Å². The summed E-state index contributed by atoms with van der Waals surface area (Å²) in [6, 6.07) is 18.9. The lowest BCUT2D eigenvalue weighted by Crippen LogP contribution is -2.36. The van der Waals surface area contributed by atoms with Crippen molar-refractivity contribution in [1.29, 1.82) is 5.41 Å². The first kappa shape index (κ1) is 24.3. The van der Waals surface area contributed by atoms with E-state index in [0.717, 1.165) is 67.2 Å². The fourth-order valence-electron chi connectivity index (χ4n) is 4.35. The molecule has 0 aromatic heterocycles. The van der Waals surface area contributed by atoms with Crippen molar-refractivity contribution in [3.8, 4) is 0 Å². The second-order valence-corrected chi connectivity index (χ2v) is 8.56. The van der Waals surface area contributed by atoms with Crippen molar-refractivity contribution in [3.05, 3.63) is 82.9 Å². The molecule has 7 heteroatoms. The van der Waals surface area contributed by atoms with E-state index >= 15 is 0 Å². The number of nitrogen functional groups attached to an aromatic ring is 1. The van der Waals surface area contributed by atoms with Crippen molar-refractivity contribution in [3.63, 3.8) is 0 Å². The standard InChI is InChI=1S/C28H33N5O2/c1-3-19-6-5-7-20(4-2)27(19)32-28(34)31-22-10-13-25(29)24(18-22)26(30)21-8-11-23(12-9-21)33-14-16-35-17-15-33/h5-13,18,30H,3-4,14-17,29H2,1-2H3,(H2,31,32,34). The van der Waals surface area contributed by atoms with Crippen LogP contribution in [-0.4, -0.2) is 38.0 Å². The highest BCUT2D eigenvalue weighted by Crippen LogP contribution is 2.25. The van der Waals surface area contributed by atoms with Gasteiger partial charge in [0.2, 0.25) is 0 Å². The average molecular weight is 472 g/mol. The Morgan fingerprint density at radius 1 is 0.971 bits per heavy atom. The van der Waals surface area contributed by atoms with Gasteiger partial charge in [0.25, 0.3) is 0 Å². The molecule has 1 aliphatic heterocycles. The summed E-state index contributed by atoms with van der Waals surface area (Å²) in [5, 5.41) is 14.7. The number of nitrogens with one attached hydrogen (secondary N) is 3. The summed E-state index contributed by atoms with van der Waals surface area (Å²) < 4.78 is 5.42. The third-order valence-electron chi connectivity index (χ3n) is 6.35. The minimum Gasteiger partial charge on any atom is -0.398 e. The van der Waals surface area contributed by atoms with Gasteiger partial charge in [-0.1, -0.05) is 44.2 Å². The molecule has 3 aromatic rings. The summed E-state index contributed by atoms with van der Waals surface area (Å²) in [6.45, 7) is 7.33. The van der Waals surface area contributed by atoms with Crippen molar-refractivity contribution in [1.82, 2.24) is 0 Å². The van der Waals surface area contributed by atoms with E-state index in [1.165, 1.54) is 0 Å². The molecule has 0 atom stereocenters. The van der Waals surface area contributed by atoms with Crippen LogP contribution in [0.2, 0.25) is 0 Å². The zero-order valence-electron chi connectivity index (χ0n) is 20.4. The number of morpholine rings is 1. The Morgan fingerprint density at radius 2 is 1.63 bits per heavy atom. The van der Waals surface area contributed by atoms with Gasteiger partial charge in [-0.05, 0) is 54.3 Å². The van der Waals surface area contributed by atoms with Crippen LogP contribution in [0.3, 0.4) is 0 Å². The summed E-state index contributed by atoms with van der Waals surface area (Å²) in [4.78, 5) is 15.1. The molecule has 1 heterocycles. The number of amides is 2. The summed E-state index contributed by atoms with van der Waals surface area (Å²) in [7, 11) is 0. The van der Waals surface area contributed by atoms with E-state index in [0.29, 0.717) is 22.6 Å². The van der Waals surface area contributed by atoms with Crippen molar-refractivity contribution < 1.29 is 9.53 Å². The number of ether oxygens (including phenoxy) is 1. The van der Waals surface area contributed by atoms with Crippen LogP contribution in [0.15, 0.2) is 60.7 Å². The van der Waals surface area contributed by atoms with E-state index in [4.69, 9.17) is 15.9 Å². The number of aryl methyl sites for hydroxylation is 2. The van der Waals surface area contributed by atoms with Crippen LogP contribution >= 0.6 is 0 Å². The van der Waals surface area contributed by atoms with Crippen LogP contribution in [0.25, 0.3) is 0 Å². The molecular weight excluding hydrogens is 438 g/mol. The fourth-order valence-corrected chi connectivity index (χ4v) is 4.35. The Morgan fingerprint density at radius 3 is 2.26 bits per heavy atom. The zero-order valence-corrected chi connectivity index (χ0v) is 20.4. The lowest BCUT2D eigenvalue weighted by molar-refractivity contribution is 0.122. The van der Waals surface area contributed by atoms with Crippen molar-refractivity contribution in [2.24, 2.45) is 0 Å². The maximum absolute atomic E-state index is 12.8. The minimum atomic E-state index is -0.322. The van der Waals surface area contributed by atoms with Gasteiger partial charge in [0, 0.05) is 47.0 Å². The molecule has 35 heavy (non-hydrogen) atoms. The third kappa shape index (κ3) is 5.63. The van der Waals surface area contributed by atoms with Crippen LogP contribution in [-0.2, 0) is 17.6 Å². The van der Waals surface area contributed by atoms with Gasteiger partial charge in [0.15, 0.2) is 0 Å². The predicted molar refractivity (Wildman–Crippen MR) is 144 cm³/mol. The molecule has 7 nitrogen and oxygen atoms in total. The van der Waals surface area contributed by atoms with Crippen LogP contribution in [0.1, 0.15) is 36.1 Å². The topological polar surface area (TPSA) is 103 Å².